The van der Waals surface area contributed by atoms with Crippen LogP contribution in [0.25, 0.3) is 23.2 Å². The monoisotopic (exact) mass is 557 g/mol. The number of likely N-dealkylation sites (tertiary alicyclic amines) is 1. The first-order chi connectivity index (χ1) is 19.0. The second-order valence-corrected chi connectivity index (χ2v) is 10.8. The van der Waals surface area contributed by atoms with Crippen LogP contribution in [0.1, 0.15) is 49.1 Å². The van der Waals surface area contributed by atoms with Gasteiger partial charge >= 0.3 is 0 Å². The van der Waals surface area contributed by atoms with E-state index in [-0.39, 0.29) is 41.1 Å². The maximum Gasteiger partial charge on any atom is 0.272 e. The van der Waals surface area contributed by atoms with Crippen molar-refractivity contribution in [2.45, 2.75) is 51.5 Å². The molecule has 2 atom stereocenters. The number of hydrogen-bond acceptors (Lipinski definition) is 8. The Balaban J connectivity index is 1.39. The molecule has 0 aromatic carbocycles. The molecule has 1 fully saturated rings. The second kappa shape index (κ2) is 10.8. The molecule has 0 unspecified atom stereocenters. The second-order valence-electron chi connectivity index (χ2n) is 10.8. The number of fused-ring (bicyclic) bond motifs is 1. The largest absolute Gasteiger partial charge is 0.376 e. The van der Waals surface area contributed by atoms with E-state index in [9.17, 15) is 18.0 Å². The van der Waals surface area contributed by atoms with Gasteiger partial charge in [-0.05, 0) is 46.4 Å². The first-order valence-corrected chi connectivity index (χ1v) is 12.8. The van der Waals surface area contributed by atoms with Gasteiger partial charge in [-0.15, -0.1) is 0 Å². The van der Waals surface area contributed by atoms with Crippen LogP contribution >= 0.6 is 0 Å². The minimum atomic E-state index is -1.94. The normalized spacial score (nSPS) is 18.2. The Hall–Kier alpha value is -4.20. The summed E-state index contributed by atoms with van der Waals surface area (Å²) in [7, 11) is 1.86. The molecule has 0 bridgehead atoms. The number of carbonyl (C=O) groups is 1. The lowest BCUT2D eigenvalue weighted by Gasteiger charge is -2.33. The summed E-state index contributed by atoms with van der Waals surface area (Å²) in [5, 5.41) is 14.0. The number of hydrogen-bond donors (Lipinski definition) is 2. The van der Waals surface area contributed by atoms with Gasteiger partial charge in [0, 0.05) is 31.6 Å². The van der Waals surface area contributed by atoms with E-state index in [2.05, 4.69) is 30.9 Å². The van der Waals surface area contributed by atoms with E-state index in [1.807, 2.05) is 32.7 Å². The van der Waals surface area contributed by atoms with E-state index in [4.69, 9.17) is 4.52 Å². The van der Waals surface area contributed by atoms with Gasteiger partial charge in [-0.2, -0.15) is 18.9 Å². The van der Waals surface area contributed by atoms with E-state index in [1.165, 1.54) is 10.6 Å². The Morgan fingerprint density at radius 3 is 2.77 bits per heavy atom. The number of halogens is 3. The number of pyridine rings is 1. The standard InChI is InChI=1S/C26H30F3N9O2/c1-26(2,3)38-13-15(11-31-38)25(39)30-12-21-33-23(35-40-21)22-19(10-20(28)29)37-8-5-6-18(24(37)34-22)32-17-7-9-36(4)14-16(17)27/h5-6,8,10-11,13,16-17,32H,7,9,12,14H2,1-4H3,(H,30,39)/t16-,17+/m0/s1. The highest BCUT2D eigenvalue weighted by Gasteiger charge is 2.29. The van der Waals surface area contributed by atoms with Crippen molar-refractivity contribution in [3.05, 3.63) is 54.0 Å². The Labute approximate surface area is 228 Å². The van der Waals surface area contributed by atoms with Gasteiger partial charge in [-0.1, -0.05) is 5.16 Å². The third kappa shape index (κ3) is 5.71. The van der Waals surface area contributed by atoms with Gasteiger partial charge in [-0.3, -0.25) is 13.9 Å². The Bertz CT molecular complexity index is 1550. The van der Waals surface area contributed by atoms with Gasteiger partial charge in [0.15, 0.2) is 5.65 Å². The molecule has 40 heavy (non-hydrogen) atoms. The Morgan fingerprint density at radius 1 is 1.27 bits per heavy atom. The zero-order chi connectivity index (χ0) is 28.6. The molecule has 11 nitrogen and oxygen atoms in total. The molecule has 14 heteroatoms. The minimum absolute atomic E-state index is 0.0322. The van der Waals surface area contributed by atoms with Crippen LogP contribution in [-0.2, 0) is 12.1 Å². The van der Waals surface area contributed by atoms with Crippen molar-refractivity contribution in [2.24, 2.45) is 0 Å². The molecule has 0 radical (unpaired) electrons. The number of rotatable bonds is 7. The van der Waals surface area contributed by atoms with E-state index in [0.717, 1.165) is 6.54 Å². The lowest BCUT2D eigenvalue weighted by Crippen LogP contribution is -2.46. The Morgan fingerprint density at radius 2 is 2.08 bits per heavy atom. The number of carbonyl (C=O) groups excluding carboxylic acids is 1. The molecular weight excluding hydrogens is 527 g/mol. The highest BCUT2D eigenvalue weighted by Crippen LogP contribution is 2.30. The molecule has 212 valence electrons. The molecule has 4 aromatic heterocycles. The molecule has 0 spiro atoms. The predicted octanol–water partition coefficient (Wildman–Crippen LogP) is 3.96. The van der Waals surface area contributed by atoms with Crippen molar-refractivity contribution in [1.82, 2.24) is 39.5 Å². The SMILES string of the molecule is CN1CC[C@@H](Nc2cccn3c(C=C(F)F)c(-c4noc(CNC(=O)c5cnn(C(C)(C)C)c5)n4)nc23)[C@@H](F)C1. The van der Waals surface area contributed by atoms with Gasteiger partial charge in [0.25, 0.3) is 12.0 Å². The van der Waals surface area contributed by atoms with E-state index in [0.29, 0.717) is 35.9 Å². The van der Waals surface area contributed by atoms with Gasteiger partial charge in [0.05, 0.1) is 41.3 Å². The fourth-order valence-corrected chi connectivity index (χ4v) is 4.51. The van der Waals surface area contributed by atoms with Crippen LogP contribution in [0.15, 0.2) is 41.3 Å². The fourth-order valence-electron chi connectivity index (χ4n) is 4.51. The zero-order valence-electron chi connectivity index (χ0n) is 22.5. The average molecular weight is 558 g/mol. The van der Waals surface area contributed by atoms with E-state index in [1.54, 1.807) is 29.2 Å². The molecule has 5 rings (SSSR count). The van der Waals surface area contributed by atoms with Crippen molar-refractivity contribution in [3.8, 4) is 11.5 Å². The minimum Gasteiger partial charge on any atom is -0.376 e. The van der Waals surface area contributed by atoms with E-state index < -0.39 is 18.3 Å². The molecule has 0 aliphatic carbocycles. The topological polar surface area (TPSA) is 118 Å². The predicted molar refractivity (Wildman–Crippen MR) is 141 cm³/mol. The van der Waals surface area contributed by atoms with Crippen LogP contribution < -0.4 is 10.6 Å². The summed E-state index contributed by atoms with van der Waals surface area (Å²) in [4.78, 5) is 23.3. The number of nitrogens with one attached hydrogen (secondary N) is 2. The summed E-state index contributed by atoms with van der Waals surface area (Å²) in [6.45, 7) is 6.81. The number of nitrogens with zero attached hydrogens (tertiary/aromatic N) is 7. The maximum atomic E-state index is 14.7. The summed E-state index contributed by atoms with van der Waals surface area (Å²) in [5.41, 5.74) is 0.967. The number of anilines is 1. The molecule has 1 aliphatic rings. The summed E-state index contributed by atoms with van der Waals surface area (Å²) in [6.07, 6.45) is 2.88. The van der Waals surface area contributed by atoms with Crippen molar-refractivity contribution in [2.75, 3.05) is 25.5 Å². The van der Waals surface area contributed by atoms with Crippen LogP contribution in [0.3, 0.4) is 0 Å². The number of aromatic nitrogens is 6. The Kier molecular flexibility index (Phi) is 7.36. The maximum absolute atomic E-state index is 14.7. The average Bonchev–Trinajstić information content (AvgIpc) is 3.63. The van der Waals surface area contributed by atoms with Gasteiger partial charge in [0.2, 0.25) is 11.7 Å². The van der Waals surface area contributed by atoms with Gasteiger partial charge in [0.1, 0.15) is 11.9 Å². The van der Waals surface area contributed by atoms with Crippen molar-refractivity contribution in [3.63, 3.8) is 0 Å². The first-order valence-electron chi connectivity index (χ1n) is 12.8. The molecular formula is C26H30F3N9O2. The summed E-state index contributed by atoms with van der Waals surface area (Å²) in [6, 6.07) is 2.93. The van der Waals surface area contributed by atoms with Gasteiger partial charge < -0.3 is 20.1 Å². The number of alkyl halides is 1. The van der Waals surface area contributed by atoms with Crippen LogP contribution in [-0.4, -0.2) is 72.5 Å². The third-order valence-electron chi connectivity index (χ3n) is 6.63. The highest BCUT2D eigenvalue weighted by atomic mass is 19.3. The first kappa shape index (κ1) is 27.4. The summed E-state index contributed by atoms with van der Waals surface area (Å²) >= 11 is 0. The molecule has 1 amide bonds. The van der Waals surface area contributed by atoms with Crippen molar-refractivity contribution < 1.29 is 22.5 Å². The molecule has 0 saturated carbocycles. The quantitative estimate of drug-likeness (QED) is 0.351. The fraction of sp³-hybridized carbons (Fsp3) is 0.423. The van der Waals surface area contributed by atoms with Crippen molar-refractivity contribution >= 4 is 23.3 Å². The van der Waals surface area contributed by atoms with Crippen molar-refractivity contribution in [1.29, 1.82) is 0 Å². The number of amides is 1. The van der Waals surface area contributed by atoms with Crippen LogP contribution in [0, 0.1) is 0 Å². The zero-order valence-corrected chi connectivity index (χ0v) is 22.5. The van der Waals surface area contributed by atoms with Gasteiger partial charge in [-0.25, -0.2) is 9.37 Å². The molecule has 1 aliphatic heterocycles. The lowest BCUT2D eigenvalue weighted by molar-refractivity contribution is 0.0946. The number of piperidine rings is 1. The molecule has 5 heterocycles. The molecule has 2 N–H and O–H groups in total. The van der Waals surface area contributed by atoms with E-state index >= 15 is 0 Å². The highest BCUT2D eigenvalue weighted by molar-refractivity contribution is 5.93. The summed E-state index contributed by atoms with van der Waals surface area (Å²) in [5.74, 6) is -0.360. The third-order valence-corrected chi connectivity index (χ3v) is 6.63. The molecule has 4 aromatic rings. The molecule has 1 saturated heterocycles. The lowest BCUT2D eigenvalue weighted by atomic mass is 10.0. The number of imidazole rings is 1. The van der Waals surface area contributed by atoms with Crippen LogP contribution in [0.5, 0.6) is 0 Å². The summed E-state index contributed by atoms with van der Waals surface area (Å²) < 4.78 is 50.0. The smallest absolute Gasteiger partial charge is 0.272 e. The van der Waals surface area contributed by atoms with Crippen LogP contribution in [0.4, 0.5) is 18.9 Å². The van der Waals surface area contributed by atoms with Crippen LogP contribution in [0.2, 0.25) is 0 Å².